The number of ether oxygens (including phenoxy) is 2. The number of morpholine rings is 1. The number of carbonyl (C=O) groups is 1. The lowest BCUT2D eigenvalue weighted by molar-refractivity contribution is -0.121. The monoisotopic (exact) mass is 575 g/mol. The van der Waals surface area contributed by atoms with Gasteiger partial charge in [-0.15, -0.1) is 0 Å². The summed E-state index contributed by atoms with van der Waals surface area (Å²) in [5.41, 5.74) is 2.58. The molecule has 1 aromatic heterocycles. The molecule has 2 aromatic rings. The van der Waals surface area contributed by atoms with Crippen LogP contribution >= 0.6 is 15.9 Å². The van der Waals surface area contributed by atoms with E-state index in [2.05, 4.69) is 49.9 Å². The number of piperazine rings is 1. The molecule has 3 aliphatic heterocycles. The molecule has 1 aromatic carbocycles. The van der Waals surface area contributed by atoms with Crippen molar-refractivity contribution < 1.29 is 18.7 Å². The molecular weight excluding hydrogens is 541 g/mol. The van der Waals surface area contributed by atoms with Crippen molar-refractivity contribution in [2.24, 2.45) is 0 Å². The number of carbonyl (C=O) groups excluding carboxylic acids is 1. The fourth-order valence-corrected chi connectivity index (χ4v) is 5.75. The van der Waals surface area contributed by atoms with Crippen molar-refractivity contribution in [1.82, 2.24) is 20.1 Å². The summed E-state index contributed by atoms with van der Waals surface area (Å²) >= 11 is 3.55. The van der Waals surface area contributed by atoms with Gasteiger partial charge in [-0.2, -0.15) is 0 Å². The van der Waals surface area contributed by atoms with Crippen LogP contribution < -0.4 is 15.0 Å². The van der Waals surface area contributed by atoms with Crippen molar-refractivity contribution in [1.29, 1.82) is 0 Å². The molecule has 2 fully saturated rings. The number of nitrogens with zero attached hydrogens (tertiary/aromatic N) is 4. The molecule has 0 radical (unpaired) electrons. The molecule has 0 bridgehead atoms. The first kappa shape index (κ1) is 26.5. The van der Waals surface area contributed by atoms with Gasteiger partial charge in [-0.25, -0.2) is 9.37 Å². The molecule has 10 heteroatoms. The number of rotatable bonds is 6. The summed E-state index contributed by atoms with van der Waals surface area (Å²) in [5, 5.41) is 3.59. The largest absolute Gasteiger partial charge is 0.474 e. The predicted octanol–water partition coefficient (Wildman–Crippen LogP) is 2.68. The van der Waals surface area contributed by atoms with Crippen LogP contribution in [0.4, 0.5) is 10.1 Å². The summed E-state index contributed by atoms with van der Waals surface area (Å²) in [6, 6.07) is 9.36. The number of aromatic nitrogens is 1. The minimum absolute atomic E-state index is 0.0514. The van der Waals surface area contributed by atoms with Crippen LogP contribution in [0.5, 0.6) is 5.88 Å². The zero-order chi connectivity index (χ0) is 25.9. The van der Waals surface area contributed by atoms with Gasteiger partial charge in [0.1, 0.15) is 22.7 Å². The molecular formula is C27H35BrFN5O3. The minimum Gasteiger partial charge on any atom is -0.474 e. The van der Waals surface area contributed by atoms with Gasteiger partial charge in [0.25, 0.3) is 0 Å². The zero-order valence-electron chi connectivity index (χ0n) is 21.5. The Hall–Kier alpha value is -2.11. The maximum atomic E-state index is 13.7. The Kier molecular flexibility index (Phi) is 8.40. The normalized spacial score (nSPS) is 25.0. The smallest absolute Gasteiger partial charge is 0.241 e. The van der Waals surface area contributed by atoms with Crippen molar-refractivity contribution in [3.63, 3.8) is 0 Å². The standard InChI is InChI=1S/C27H35BrFN5O3/c1-18-14-33(23(13-30-18)15-32-7-9-36-17-19(32)2)16-25(35)34-8-10-37-27-24(34)12-21(26(28)31-27)11-20-3-5-22(29)6-4-20/h3-6,12,18-19,23,30H,7-11,13-17H2,1-2H3/t18-,19-,23-/m1/s1. The number of amides is 1. The fourth-order valence-electron chi connectivity index (χ4n) is 5.33. The van der Waals surface area contributed by atoms with E-state index in [-0.39, 0.29) is 17.8 Å². The number of nitrogens with one attached hydrogen (secondary N) is 1. The molecule has 8 nitrogen and oxygen atoms in total. The van der Waals surface area contributed by atoms with Gasteiger partial charge in [-0.05, 0) is 59.1 Å². The van der Waals surface area contributed by atoms with Gasteiger partial charge in [0.15, 0.2) is 0 Å². The van der Waals surface area contributed by atoms with E-state index in [0.29, 0.717) is 54.4 Å². The first-order valence-electron chi connectivity index (χ1n) is 13.0. The Bertz CT molecular complexity index is 1100. The van der Waals surface area contributed by atoms with Gasteiger partial charge in [-0.1, -0.05) is 12.1 Å². The van der Waals surface area contributed by atoms with Crippen LogP contribution in [0.2, 0.25) is 0 Å². The van der Waals surface area contributed by atoms with E-state index in [1.165, 1.54) is 12.1 Å². The maximum Gasteiger partial charge on any atom is 0.241 e. The van der Waals surface area contributed by atoms with Crippen LogP contribution in [0.3, 0.4) is 0 Å². The first-order valence-corrected chi connectivity index (χ1v) is 13.8. The van der Waals surface area contributed by atoms with Crippen molar-refractivity contribution in [2.45, 2.75) is 38.4 Å². The van der Waals surface area contributed by atoms with Crippen LogP contribution in [0.1, 0.15) is 25.0 Å². The van der Waals surface area contributed by atoms with Crippen LogP contribution in [-0.2, 0) is 16.0 Å². The summed E-state index contributed by atoms with van der Waals surface area (Å²) in [6.07, 6.45) is 0.568. The number of benzene rings is 1. The number of hydrogen-bond donors (Lipinski definition) is 1. The Morgan fingerprint density at radius 3 is 2.78 bits per heavy atom. The van der Waals surface area contributed by atoms with Gasteiger partial charge in [0, 0.05) is 50.7 Å². The van der Waals surface area contributed by atoms with Crippen molar-refractivity contribution in [3.05, 3.63) is 51.9 Å². The Balaban J connectivity index is 1.32. The summed E-state index contributed by atoms with van der Waals surface area (Å²) in [5.74, 6) is 0.248. The second-order valence-corrected chi connectivity index (χ2v) is 11.0. The predicted molar refractivity (Wildman–Crippen MR) is 144 cm³/mol. The number of hydrogen-bond acceptors (Lipinski definition) is 7. The highest BCUT2D eigenvalue weighted by molar-refractivity contribution is 9.10. The van der Waals surface area contributed by atoms with Crippen molar-refractivity contribution in [3.8, 4) is 5.88 Å². The molecule has 4 heterocycles. The quantitative estimate of drug-likeness (QED) is 0.531. The van der Waals surface area contributed by atoms with E-state index in [1.54, 1.807) is 12.1 Å². The van der Waals surface area contributed by atoms with Crippen LogP contribution in [0.15, 0.2) is 34.9 Å². The van der Waals surface area contributed by atoms with Gasteiger partial charge >= 0.3 is 0 Å². The van der Waals surface area contributed by atoms with E-state index in [9.17, 15) is 9.18 Å². The lowest BCUT2D eigenvalue weighted by Gasteiger charge is -2.44. The minimum atomic E-state index is -0.264. The molecule has 37 heavy (non-hydrogen) atoms. The zero-order valence-corrected chi connectivity index (χ0v) is 23.0. The van der Waals surface area contributed by atoms with Crippen molar-refractivity contribution >= 4 is 27.5 Å². The molecule has 1 amide bonds. The van der Waals surface area contributed by atoms with Gasteiger partial charge in [0.05, 0.1) is 26.3 Å². The number of fused-ring (bicyclic) bond motifs is 1. The van der Waals surface area contributed by atoms with Crippen LogP contribution in [-0.4, -0.2) is 97.9 Å². The van der Waals surface area contributed by atoms with E-state index in [0.717, 1.165) is 50.5 Å². The fraction of sp³-hybridized carbons (Fsp3) is 0.556. The molecule has 2 saturated heterocycles. The third-order valence-corrected chi connectivity index (χ3v) is 8.15. The number of halogens is 2. The average molecular weight is 577 g/mol. The number of anilines is 1. The highest BCUT2D eigenvalue weighted by atomic mass is 79.9. The maximum absolute atomic E-state index is 13.7. The molecule has 3 aliphatic rings. The third kappa shape index (κ3) is 6.31. The molecule has 0 saturated carbocycles. The van der Waals surface area contributed by atoms with E-state index in [4.69, 9.17) is 9.47 Å². The second-order valence-electron chi connectivity index (χ2n) is 10.3. The van der Waals surface area contributed by atoms with E-state index in [1.807, 2.05) is 11.0 Å². The van der Waals surface area contributed by atoms with E-state index < -0.39 is 0 Å². The Labute approximate surface area is 226 Å². The first-order chi connectivity index (χ1) is 17.9. The van der Waals surface area contributed by atoms with Crippen LogP contribution in [0, 0.1) is 5.82 Å². The van der Waals surface area contributed by atoms with Gasteiger partial charge in [0.2, 0.25) is 11.8 Å². The molecule has 0 spiro atoms. The topological polar surface area (TPSA) is 70.2 Å². The summed E-state index contributed by atoms with van der Waals surface area (Å²) in [4.78, 5) is 24.9. The third-order valence-electron chi connectivity index (χ3n) is 7.46. The lowest BCUT2D eigenvalue weighted by Crippen LogP contribution is -2.62. The Morgan fingerprint density at radius 1 is 1.19 bits per heavy atom. The van der Waals surface area contributed by atoms with Crippen LogP contribution in [0.25, 0.3) is 0 Å². The molecule has 200 valence electrons. The molecule has 0 aliphatic carbocycles. The molecule has 0 unspecified atom stereocenters. The highest BCUT2D eigenvalue weighted by Gasteiger charge is 2.34. The Morgan fingerprint density at radius 2 is 2.00 bits per heavy atom. The SMILES string of the molecule is C[C@@H]1CN(CC(=O)N2CCOc3nc(Br)c(Cc4ccc(F)cc4)cc32)[C@@H](CN2CCOC[C@H]2C)CN1. The molecule has 1 N–H and O–H groups in total. The van der Waals surface area contributed by atoms with E-state index >= 15 is 0 Å². The molecule has 5 rings (SSSR count). The van der Waals surface area contributed by atoms with Gasteiger partial charge in [-0.3, -0.25) is 14.6 Å². The lowest BCUT2D eigenvalue weighted by atomic mass is 10.1. The van der Waals surface area contributed by atoms with Crippen molar-refractivity contribution in [2.75, 3.05) is 64.0 Å². The highest BCUT2D eigenvalue weighted by Crippen LogP contribution is 2.35. The summed E-state index contributed by atoms with van der Waals surface area (Å²) in [7, 11) is 0. The second kappa shape index (κ2) is 11.7. The number of pyridine rings is 1. The van der Waals surface area contributed by atoms with Gasteiger partial charge < -0.3 is 19.7 Å². The summed E-state index contributed by atoms with van der Waals surface area (Å²) in [6.45, 7) is 10.6. The summed E-state index contributed by atoms with van der Waals surface area (Å²) < 4.78 is 25.5. The average Bonchev–Trinajstić information content (AvgIpc) is 2.88. The molecule has 3 atom stereocenters.